The molecule has 3 nitrogen and oxygen atoms in total. The molecule has 0 aliphatic heterocycles. The lowest BCUT2D eigenvalue weighted by atomic mass is 9.85. The Morgan fingerprint density at radius 1 is 1.32 bits per heavy atom. The van der Waals surface area contributed by atoms with Gasteiger partial charge in [-0.15, -0.1) is 0 Å². The number of rotatable bonds is 2. The van der Waals surface area contributed by atoms with Crippen molar-refractivity contribution in [3.05, 3.63) is 29.7 Å². The standard InChI is InChI=1S/C16H20N2O/c1-2-9-3-6-13-12(7-9)18-16(19-13)14-10-4-5-11(8-10)15(14)17/h3,6-7,10-11,14-15H,2,4-5,8,17H2,1H3. The molecular weight excluding hydrogens is 236 g/mol. The van der Waals surface area contributed by atoms with E-state index in [1.165, 1.54) is 24.8 Å². The van der Waals surface area contributed by atoms with Crippen LogP contribution >= 0.6 is 0 Å². The first kappa shape index (κ1) is 11.5. The third-order valence-electron chi connectivity index (χ3n) is 5.14. The fraction of sp³-hybridized carbons (Fsp3) is 0.562. The van der Waals surface area contributed by atoms with Gasteiger partial charge in [-0.05, 0) is 55.2 Å². The van der Waals surface area contributed by atoms with Crippen molar-refractivity contribution in [3.63, 3.8) is 0 Å². The minimum absolute atomic E-state index is 0.248. The molecule has 1 aromatic carbocycles. The monoisotopic (exact) mass is 256 g/mol. The molecule has 0 radical (unpaired) electrons. The molecule has 4 atom stereocenters. The lowest BCUT2D eigenvalue weighted by Gasteiger charge is -2.25. The summed E-state index contributed by atoms with van der Waals surface area (Å²) in [7, 11) is 0. The van der Waals surface area contributed by atoms with Crippen molar-refractivity contribution in [1.82, 2.24) is 4.98 Å². The van der Waals surface area contributed by atoms with Crippen LogP contribution in [0.4, 0.5) is 0 Å². The molecule has 1 heterocycles. The third-order valence-corrected chi connectivity index (χ3v) is 5.14. The largest absolute Gasteiger partial charge is 0.440 e. The van der Waals surface area contributed by atoms with Crippen LogP contribution in [-0.2, 0) is 6.42 Å². The van der Waals surface area contributed by atoms with Gasteiger partial charge in [0.2, 0.25) is 0 Å². The molecule has 2 saturated carbocycles. The van der Waals surface area contributed by atoms with Gasteiger partial charge in [0.1, 0.15) is 5.52 Å². The molecule has 3 heteroatoms. The number of nitrogens with two attached hydrogens (primary N) is 1. The van der Waals surface area contributed by atoms with Crippen LogP contribution < -0.4 is 5.73 Å². The van der Waals surface area contributed by atoms with Crippen molar-refractivity contribution in [2.24, 2.45) is 17.6 Å². The van der Waals surface area contributed by atoms with E-state index in [0.717, 1.165) is 23.4 Å². The maximum absolute atomic E-state index is 6.37. The number of hydrogen-bond acceptors (Lipinski definition) is 3. The average molecular weight is 256 g/mol. The second-order valence-electron chi connectivity index (χ2n) is 6.14. The Hall–Kier alpha value is -1.35. The third kappa shape index (κ3) is 1.64. The van der Waals surface area contributed by atoms with Crippen LogP contribution in [0.25, 0.3) is 11.1 Å². The number of nitrogens with zero attached hydrogens (tertiary/aromatic N) is 1. The minimum Gasteiger partial charge on any atom is -0.440 e. The fourth-order valence-corrected chi connectivity index (χ4v) is 4.06. The van der Waals surface area contributed by atoms with Crippen LogP contribution in [0.5, 0.6) is 0 Å². The van der Waals surface area contributed by atoms with Gasteiger partial charge in [0, 0.05) is 6.04 Å². The van der Waals surface area contributed by atoms with Gasteiger partial charge in [0.25, 0.3) is 0 Å². The zero-order chi connectivity index (χ0) is 13.0. The Morgan fingerprint density at radius 2 is 2.16 bits per heavy atom. The summed E-state index contributed by atoms with van der Waals surface area (Å²) in [4.78, 5) is 4.73. The zero-order valence-corrected chi connectivity index (χ0v) is 11.3. The first-order valence-corrected chi connectivity index (χ1v) is 7.41. The van der Waals surface area contributed by atoms with Gasteiger partial charge in [0.05, 0.1) is 5.92 Å². The maximum atomic E-state index is 6.37. The van der Waals surface area contributed by atoms with Crippen LogP contribution in [0.1, 0.15) is 43.6 Å². The van der Waals surface area contributed by atoms with E-state index in [1.807, 2.05) is 6.07 Å². The van der Waals surface area contributed by atoms with E-state index < -0.39 is 0 Å². The predicted molar refractivity (Wildman–Crippen MR) is 74.9 cm³/mol. The highest BCUT2D eigenvalue weighted by atomic mass is 16.3. The molecule has 0 spiro atoms. The second kappa shape index (κ2) is 4.07. The molecule has 2 bridgehead atoms. The lowest BCUT2D eigenvalue weighted by molar-refractivity contribution is 0.317. The molecule has 2 aliphatic carbocycles. The molecule has 2 N–H and O–H groups in total. The van der Waals surface area contributed by atoms with Crippen molar-refractivity contribution in [2.45, 2.75) is 44.6 Å². The number of aryl methyl sites for hydroxylation is 1. The van der Waals surface area contributed by atoms with E-state index in [0.29, 0.717) is 17.8 Å². The molecule has 19 heavy (non-hydrogen) atoms. The first-order valence-electron chi connectivity index (χ1n) is 7.41. The van der Waals surface area contributed by atoms with Gasteiger partial charge in [-0.25, -0.2) is 4.98 Å². The fourth-order valence-electron chi connectivity index (χ4n) is 4.06. The Balaban J connectivity index is 1.75. The molecule has 4 unspecified atom stereocenters. The van der Waals surface area contributed by atoms with Gasteiger partial charge in [-0.3, -0.25) is 0 Å². The highest BCUT2D eigenvalue weighted by Gasteiger charge is 2.48. The predicted octanol–water partition coefficient (Wildman–Crippen LogP) is 3.23. The quantitative estimate of drug-likeness (QED) is 0.897. The summed E-state index contributed by atoms with van der Waals surface area (Å²) < 4.78 is 5.98. The van der Waals surface area contributed by atoms with E-state index in [9.17, 15) is 0 Å². The van der Waals surface area contributed by atoms with Crippen molar-refractivity contribution in [3.8, 4) is 0 Å². The molecule has 100 valence electrons. The number of benzene rings is 1. The summed E-state index contributed by atoms with van der Waals surface area (Å²) in [6.07, 6.45) is 4.89. The molecule has 0 amide bonds. The molecule has 2 aromatic rings. The van der Waals surface area contributed by atoms with Gasteiger partial charge < -0.3 is 10.2 Å². The van der Waals surface area contributed by atoms with Crippen molar-refractivity contribution in [2.75, 3.05) is 0 Å². The minimum atomic E-state index is 0.248. The Labute approximate surface area is 113 Å². The normalized spacial score (nSPS) is 33.4. The van der Waals surface area contributed by atoms with Crippen LogP contribution in [0.2, 0.25) is 0 Å². The van der Waals surface area contributed by atoms with Crippen molar-refractivity contribution >= 4 is 11.1 Å². The van der Waals surface area contributed by atoms with Crippen LogP contribution in [0, 0.1) is 11.8 Å². The Morgan fingerprint density at radius 3 is 2.89 bits per heavy atom. The summed E-state index contributed by atoms with van der Waals surface area (Å²) in [6, 6.07) is 6.56. The van der Waals surface area contributed by atoms with E-state index in [2.05, 4.69) is 19.1 Å². The van der Waals surface area contributed by atoms with Gasteiger partial charge in [-0.1, -0.05) is 13.0 Å². The first-order chi connectivity index (χ1) is 9.26. The number of fused-ring (bicyclic) bond motifs is 3. The number of oxazole rings is 1. The van der Waals surface area contributed by atoms with Crippen molar-refractivity contribution in [1.29, 1.82) is 0 Å². The molecule has 0 saturated heterocycles. The van der Waals surface area contributed by atoms with E-state index >= 15 is 0 Å². The average Bonchev–Trinajstić information content (AvgIpc) is 3.10. The van der Waals surface area contributed by atoms with Crippen LogP contribution in [0.3, 0.4) is 0 Å². The Kier molecular flexibility index (Phi) is 2.46. The number of aromatic nitrogens is 1. The smallest absolute Gasteiger partial charge is 0.200 e. The summed E-state index contributed by atoms with van der Waals surface area (Å²) in [5.74, 6) is 2.61. The van der Waals surface area contributed by atoms with E-state index in [1.54, 1.807) is 0 Å². The van der Waals surface area contributed by atoms with Gasteiger partial charge in [0.15, 0.2) is 11.5 Å². The van der Waals surface area contributed by atoms with Gasteiger partial charge in [-0.2, -0.15) is 0 Å². The number of hydrogen-bond donors (Lipinski definition) is 1. The molecule has 1 aromatic heterocycles. The van der Waals surface area contributed by atoms with Crippen LogP contribution in [-0.4, -0.2) is 11.0 Å². The highest BCUT2D eigenvalue weighted by molar-refractivity contribution is 5.73. The van der Waals surface area contributed by atoms with E-state index in [4.69, 9.17) is 15.1 Å². The summed E-state index contributed by atoms with van der Waals surface area (Å²) in [5.41, 5.74) is 9.58. The molecule has 4 rings (SSSR count). The van der Waals surface area contributed by atoms with Gasteiger partial charge >= 0.3 is 0 Å². The summed E-state index contributed by atoms with van der Waals surface area (Å²) >= 11 is 0. The molecule has 2 fully saturated rings. The maximum Gasteiger partial charge on any atom is 0.200 e. The summed E-state index contributed by atoms with van der Waals surface area (Å²) in [6.45, 7) is 2.16. The topological polar surface area (TPSA) is 52.0 Å². The lowest BCUT2D eigenvalue weighted by Crippen LogP contribution is -2.34. The molecular formula is C16H20N2O. The SMILES string of the molecule is CCc1ccc2oc(C3C4CCC(C4)C3N)nc2c1. The zero-order valence-electron chi connectivity index (χ0n) is 11.3. The van der Waals surface area contributed by atoms with Crippen LogP contribution in [0.15, 0.2) is 22.6 Å². The summed E-state index contributed by atoms with van der Waals surface area (Å²) in [5, 5.41) is 0. The highest BCUT2D eigenvalue weighted by Crippen LogP contribution is 2.52. The second-order valence-corrected chi connectivity index (χ2v) is 6.14. The molecule has 2 aliphatic rings. The van der Waals surface area contributed by atoms with E-state index in [-0.39, 0.29) is 6.04 Å². The van der Waals surface area contributed by atoms with Crippen molar-refractivity contribution < 1.29 is 4.42 Å². The Bertz CT molecular complexity index is 616.